The van der Waals surface area contributed by atoms with Crippen LogP contribution in [0, 0.1) is 5.92 Å². The third kappa shape index (κ3) is 8.36. The molecule has 3 rings (SSSR count). The number of nitrogens with one attached hydrogen (secondary N) is 3. The molecule has 18 heteroatoms. The van der Waals surface area contributed by atoms with Gasteiger partial charge in [-0.1, -0.05) is 0 Å². The number of hydrogen-bond donors (Lipinski definition) is 15. The molecule has 18 nitrogen and oxygen atoms in total. The van der Waals surface area contributed by atoms with Gasteiger partial charge >= 0.3 is 0 Å². The topological polar surface area (TPSA) is 324 Å². The van der Waals surface area contributed by atoms with Crippen LogP contribution in [0.1, 0.15) is 13.3 Å². The van der Waals surface area contributed by atoms with Crippen LogP contribution in [0.15, 0.2) is 0 Å². The van der Waals surface area contributed by atoms with Crippen molar-refractivity contribution in [2.24, 2.45) is 23.1 Å². The highest BCUT2D eigenvalue weighted by molar-refractivity contribution is 5.07. The molecule has 1 saturated carbocycles. The van der Waals surface area contributed by atoms with Gasteiger partial charge in [0.1, 0.15) is 48.5 Å². The lowest BCUT2D eigenvalue weighted by atomic mass is 9.72. The molecule has 254 valence electrons. The maximum Gasteiger partial charge on any atom is 0.185 e. The predicted octanol–water partition coefficient (Wildman–Crippen LogP) is -8.51. The van der Waals surface area contributed by atoms with Crippen molar-refractivity contribution in [3.63, 3.8) is 0 Å². The first-order valence-electron chi connectivity index (χ1n) is 14.6. The minimum atomic E-state index is -1.67. The third-order valence-electron chi connectivity index (χ3n) is 8.69. The van der Waals surface area contributed by atoms with E-state index in [2.05, 4.69) is 16.0 Å². The van der Waals surface area contributed by atoms with E-state index in [0.29, 0.717) is 0 Å². The van der Waals surface area contributed by atoms with Crippen molar-refractivity contribution < 1.29 is 60.2 Å². The van der Waals surface area contributed by atoms with Crippen LogP contribution in [0.5, 0.6) is 0 Å². The molecule has 0 radical (unpaired) electrons. The van der Waals surface area contributed by atoms with Gasteiger partial charge in [-0.2, -0.15) is 0 Å². The van der Waals surface area contributed by atoms with Gasteiger partial charge in [-0.05, 0) is 20.4 Å². The molecular formula is C25H52N6O12. The molecule has 2 saturated heterocycles. The van der Waals surface area contributed by atoms with E-state index in [1.54, 1.807) is 0 Å². The van der Waals surface area contributed by atoms with Crippen LogP contribution in [-0.2, 0) is 14.2 Å². The zero-order valence-corrected chi connectivity index (χ0v) is 24.5. The van der Waals surface area contributed by atoms with E-state index in [9.17, 15) is 40.9 Å². The number of likely N-dealkylation sites (N-methyl/N-ethyl adjacent to an activating group) is 1. The van der Waals surface area contributed by atoms with E-state index in [1.165, 1.54) is 14.0 Å². The summed E-state index contributed by atoms with van der Waals surface area (Å²) in [6.07, 6.45) is -15.8. The van der Waals surface area contributed by atoms with E-state index in [0.717, 1.165) is 0 Å². The molecule has 0 spiro atoms. The molecule has 0 aromatic rings. The van der Waals surface area contributed by atoms with Crippen LogP contribution in [-0.4, -0.2) is 183 Å². The van der Waals surface area contributed by atoms with Crippen LogP contribution in [0.4, 0.5) is 0 Å². The second kappa shape index (κ2) is 15.7. The van der Waals surface area contributed by atoms with Gasteiger partial charge in [0.2, 0.25) is 0 Å². The fourth-order valence-electron chi connectivity index (χ4n) is 6.19. The van der Waals surface area contributed by atoms with Gasteiger partial charge in [0, 0.05) is 43.7 Å². The lowest BCUT2D eigenvalue weighted by Gasteiger charge is -2.52. The minimum Gasteiger partial charge on any atom is -0.395 e. The van der Waals surface area contributed by atoms with Crippen LogP contribution in [0.25, 0.3) is 0 Å². The maximum atomic E-state index is 11.7. The molecule has 0 aromatic heterocycles. The first kappa shape index (κ1) is 36.7. The second-order valence-electron chi connectivity index (χ2n) is 12.1. The zero-order valence-electron chi connectivity index (χ0n) is 24.5. The quantitative estimate of drug-likeness (QED) is 0.0841. The zero-order chi connectivity index (χ0) is 32.2. The average molecular weight is 629 g/mol. The lowest BCUT2D eigenvalue weighted by molar-refractivity contribution is -0.304. The fraction of sp³-hybridized carbons (Fsp3) is 1.00. The van der Waals surface area contributed by atoms with Crippen molar-refractivity contribution in [2.75, 3.05) is 39.9 Å². The Morgan fingerprint density at radius 3 is 2.33 bits per heavy atom. The lowest BCUT2D eigenvalue weighted by Crippen LogP contribution is -2.71. The number of ether oxygens (including phenoxy) is 3. The molecule has 18 N–H and O–H groups in total. The second-order valence-corrected chi connectivity index (χ2v) is 12.1. The van der Waals surface area contributed by atoms with E-state index in [4.69, 9.17) is 36.5 Å². The summed E-state index contributed by atoms with van der Waals surface area (Å²) in [6, 6.07) is -3.35. The highest BCUT2D eigenvalue weighted by atomic mass is 16.7. The number of aliphatic hydroxyl groups excluding tert-OH is 8. The Balaban J connectivity index is 1.87. The molecule has 2 heterocycles. The molecule has 3 unspecified atom stereocenters. The molecule has 1 aliphatic carbocycles. The Morgan fingerprint density at radius 2 is 1.72 bits per heavy atom. The smallest absolute Gasteiger partial charge is 0.185 e. The van der Waals surface area contributed by atoms with E-state index >= 15 is 0 Å². The summed E-state index contributed by atoms with van der Waals surface area (Å²) < 4.78 is 17.7. The highest BCUT2D eigenvalue weighted by Gasteiger charge is 2.56. The van der Waals surface area contributed by atoms with Crippen molar-refractivity contribution in [3.8, 4) is 0 Å². The Kier molecular flexibility index (Phi) is 13.4. The van der Waals surface area contributed by atoms with Crippen LogP contribution < -0.4 is 33.2 Å². The maximum absolute atomic E-state index is 11.7. The standard InChI is InChI=1S/C25H52N6O12/c1-25(40)8-41-24(19(38)22(25)29-2)43-20-11(31-23(39)12(33)4-26)3-10(28)14(16(20)35)21-18(37)17(36)15(34)13(42-21)6-30-5-9(27)7-32/h9-24,29-40H,3-8,26-28H2,1-2H3/t9?,10-,11+,12-,13+,14?,15+,16-,17-,18+,19+,20-,21+,22+,23?,24+,25-/m0/s1. The van der Waals surface area contributed by atoms with Crippen molar-refractivity contribution in [1.29, 1.82) is 0 Å². The first-order chi connectivity index (χ1) is 20.2. The Labute approximate surface area is 250 Å². The monoisotopic (exact) mass is 628 g/mol. The van der Waals surface area contributed by atoms with Gasteiger partial charge in [0.15, 0.2) is 6.29 Å². The van der Waals surface area contributed by atoms with Crippen molar-refractivity contribution in [2.45, 2.75) is 111 Å². The largest absolute Gasteiger partial charge is 0.395 e. The molecule has 43 heavy (non-hydrogen) atoms. The number of nitrogens with two attached hydrogens (primary N) is 3. The van der Waals surface area contributed by atoms with E-state index in [1.807, 2.05) is 0 Å². The van der Waals surface area contributed by atoms with Gasteiger partial charge < -0.3 is 88.0 Å². The number of rotatable bonds is 13. The third-order valence-corrected chi connectivity index (χ3v) is 8.69. The number of hydrogen-bond acceptors (Lipinski definition) is 18. The molecule has 0 aromatic carbocycles. The van der Waals surface area contributed by atoms with Gasteiger partial charge in [-0.3, -0.25) is 5.32 Å². The first-order valence-corrected chi connectivity index (χ1v) is 14.6. The molecule has 0 amide bonds. The Bertz CT molecular complexity index is 853. The molecule has 17 atom stereocenters. The van der Waals surface area contributed by atoms with E-state index < -0.39 is 103 Å². The summed E-state index contributed by atoms with van der Waals surface area (Å²) in [5.41, 5.74) is 16.2. The number of aliphatic hydroxyl groups is 9. The fourth-order valence-corrected chi connectivity index (χ4v) is 6.19. The van der Waals surface area contributed by atoms with Crippen LogP contribution in [0.2, 0.25) is 0 Å². The predicted molar refractivity (Wildman–Crippen MR) is 149 cm³/mol. The van der Waals surface area contributed by atoms with Crippen molar-refractivity contribution in [1.82, 2.24) is 16.0 Å². The summed E-state index contributed by atoms with van der Waals surface area (Å²) in [5.74, 6) is -1.11. The normalized spacial score (nSPS) is 46.3. The molecule has 3 fully saturated rings. The summed E-state index contributed by atoms with van der Waals surface area (Å²) in [7, 11) is 1.54. The van der Waals surface area contributed by atoms with Crippen LogP contribution in [0.3, 0.4) is 0 Å². The van der Waals surface area contributed by atoms with Gasteiger partial charge in [0.05, 0.1) is 37.6 Å². The molecular weight excluding hydrogens is 576 g/mol. The highest BCUT2D eigenvalue weighted by Crippen LogP contribution is 2.37. The van der Waals surface area contributed by atoms with Crippen molar-refractivity contribution >= 4 is 0 Å². The van der Waals surface area contributed by atoms with Crippen LogP contribution >= 0.6 is 0 Å². The summed E-state index contributed by atoms with van der Waals surface area (Å²) >= 11 is 0. The summed E-state index contributed by atoms with van der Waals surface area (Å²) in [4.78, 5) is 0. The van der Waals surface area contributed by atoms with Crippen molar-refractivity contribution in [3.05, 3.63) is 0 Å². The summed E-state index contributed by atoms with van der Waals surface area (Å²) in [5, 5.41) is 104. The van der Waals surface area contributed by atoms with Gasteiger partial charge in [-0.15, -0.1) is 0 Å². The minimum absolute atomic E-state index is 0.0176. The molecule has 2 aliphatic heterocycles. The van der Waals surface area contributed by atoms with Gasteiger partial charge in [-0.25, -0.2) is 0 Å². The van der Waals surface area contributed by atoms with E-state index in [-0.39, 0.29) is 39.3 Å². The Morgan fingerprint density at radius 1 is 1.05 bits per heavy atom. The SMILES string of the molecule is CN[C@@H]1[C@@H](O)[C@@H](O[C@H]2[C@H](NC(O)[C@@H](O)CN)C[C@H](N)C([C@H]3O[C@H](CNCC(N)CO)[C@@H](O)[C@H](O)[C@H]3O)[C@@H]2O)OC[C@]1(C)O. The van der Waals surface area contributed by atoms with Gasteiger partial charge in [0.25, 0.3) is 0 Å². The molecule has 3 aliphatic rings. The molecule has 0 bridgehead atoms. The summed E-state index contributed by atoms with van der Waals surface area (Å²) in [6.45, 7) is 0.817. The average Bonchev–Trinajstić information content (AvgIpc) is 2.96. The Hall–Kier alpha value is -0.720.